The third-order valence-electron chi connectivity index (χ3n) is 6.04. The lowest BCUT2D eigenvalue weighted by molar-refractivity contribution is -0.688. The minimum absolute atomic E-state index is 0.0704. The standard InChI is InChI=1S/C23H23N9O6S2/c1-38-29-15(14-10-40-23(24)26-14)19(34)27-16-20(35)32-17(22(36)37)13(9-39-21(16)32)8-30-4-2-3-12(7-30)18-25-11-31(28-18)5-6-33/h2-4,7,10-11,16,21,33H,5-6,8-9H2,1H3,(H3-,24,26,27,34,36,37)/b29-15-/t16-,21-/m1/s1. The largest absolute Gasteiger partial charge is 0.543 e. The first-order valence-corrected chi connectivity index (χ1v) is 13.7. The van der Waals surface area contributed by atoms with E-state index in [1.165, 1.54) is 35.3 Å². The summed E-state index contributed by atoms with van der Waals surface area (Å²) >= 11 is 2.44. The molecule has 2 aliphatic rings. The Morgan fingerprint density at radius 2 is 2.25 bits per heavy atom. The molecule has 5 heterocycles. The molecule has 1 saturated heterocycles. The van der Waals surface area contributed by atoms with E-state index in [0.717, 1.165) is 16.2 Å². The highest BCUT2D eigenvalue weighted by Gasteiger charge is 2.53. The predicted molar refractivity (Wildman–Crippen MR) is 140 cm³/mol. The number of oxime groups is 1. The first-order valence-electron chi connectivity index (χ1n) is 11.8. The van der Waals surface area contributed by atoms with E-state index >= 15 is 0 Å². The van der Waals surface area contributed by atoms with Crippen LogP contribution in [0.25, 0.3) is 11.4 Å². The first-order chi connectivity index (χ1) is 19.3. The van der Waals surface area contributed by atoms with Crippen molar-refractivity contribution in [3.05, 3.63) is 53.2 Å². The molecule has 0 bridgehead atoms. The average molecular weight is 586 g/mol. The fourth-order valence-corrected chi connectivity index (χ4v) is 6.19. The van der Waals surface area contributed by atoms with Crippen LogP contribution < -0.4 is 20.7 Å². The Morgan fingerprint density at radius 1 is 1.43 bits per heavy atom. The first kappa shape index (κ1) is 27.2. The average Bonchev–Trinajstić information content (AvgIpc) is 3.59. The van der Waals surface area contributed by atoms with Crippen molar-refractivity contribution in [1.29, 1.82) is 0 Å². The van der Waals surface area contributed by atoms with Crippen LogP contribution in [0.15, 0.2) is 52.7 Å². The van der Waals surface area contributed by atoms with Crippen molar-refractivity contribution in [3.63, 3.8) is 0 Å². The number of nitrogens with one attached hydrogen (secondary N) is 1. The normalized spacial score (nSPS) is 18.8. The van der Waals surface area contributed by atoms with Crippen molar-refractivity contribution >= 4 is 51.7 Å². The number of nitrogen functional groups attached to an aromatic ring is 1. The van der Waals surface area contributed by atoms with Crippen LogP contribution in [0.1, 0.15) is 5.69 Å². The maximum absolute atomic E-state index is 13.1. The summed E-state index contributed by atoms with van der Waals surface area (Å²) in [4.78, 5) is 52.4. The topological polar surface area (TPSA) is 205 Å². The van der Waals surface area contributed by atoms with Gasteiger partial charge >= 0.3 is 0 Å². The van der Waals surface area contributed by atoms with Crippen LogP contribution in [0.3, 0.4) is 0 Å². The molecule has 0 aliphatic carbocycles. The summed E-state index contributed by atoms with van der Waals surface area (Å²) in [6, 6.07) is 2.60. The van der Waals surface area contributed by atoms with Gasteiger partial charge in [-0.3, -0.25) is 19.2 Å². The Labute approximate surface area is 235 Å². The highest BCUT2D eigenvalue weighted by molar-refractivity contribution is 8.00. The molecule has 2 atom stereocenters. The number of hydrogen-bond acceptors (Lipinski definition) is 13. The second-order valence-corrected chi connectivity index (χ2v) is 10.6. The van der Waals surface area contributed by atoms with Crippen LogP contribution >= 0.6 is 23.1 Å². The van der Waals surface area contributed by atoms with E-state index in [1.54, 1.807) is 23.0 Å². The molecule has 0 aromatic carbocycles. The number of anilines is 1. The SMILES string of the molecule is CO/N=C(\C(=O)N[C@@H]1C(=O)N2C(C(=O)[O-])=C(C[n+]3cccc(-c4ncn(CCO)n4)c3)CS[C@H]12)c1csc(N)n1. The number of carbonyl (C=O) groups is 3. The van der Waals surface area contributed by atoms with Crippen LogP contribution in [0.2, 0.25) is 0 Å². The maximum atomic E-state index is 13.1. The summed E-state index contributed by atoms with van der Waals surface area (Å²) in [6.45, 7) is 0.412. The second-order valence-electron chi connectivity index (χ2n) is 8.61. The number of pyridine rings is 1. The van der Waals surface area contributed by atoms with E-state index in [0.29, 0.717) is 23.5 Å². The fraction of sp³-hybridized carbons (Fsp3) is 0.304. The van der Waals surface area contributed by atoms with E-state index in [1.807, 2.05) is 6.07 Å². The minimum atomic E-state index is -1.49. The van der Waals surface area contributed by atoms with Crippen molar-refractivity contribution in [3.8, 4) is 11.4 Å². The van der Waals surface area contributed by atoms with Gasteiger partial charge < -0.3 is 30.9 Å². The Morgan fingerprint density at radius 3 is 2.95 bits per heavy atom. The Hall–Kier alpha value is -4.35. The molecule has 0 radical (unpaired) electrons. The molecule has 2 aliphatic heterocycles. The van der Waals surface area contributed by atoms with E-state index < -0.39 is 29.2 Å². The lowest BCUT2D eigenvalue weighted by Crippen LogP contribution is -2.71. The third-order valence-corrected chi connectivity index (χ3v) is 8.06. The highest BCUT2D eigenvalue weighted by Crippen LogP contribution is 2.40. The molecule has 3 aromatic rings. The molecular weight excluding hydrogens is 562 g/mol. The van der Waals surface area contributed by atoms with Crippen molar-refractivity contribution in [2.45, 2.75) is 24.5 Å². The number of nitrogens with two attached hydrogens (primary N) is 1. The van der Waals surface area contributed by atoms with Gasteiger partial charge in [0.15, 0.2) is 35.6 Å². The number of β-lactam (4-membered cyclic amide) rings is 1. The van der Waals surface area contributed by atoms with Gasteiger partial charge in [-0.2, -0.15) is 5.10 Å². The number of fused-ring (bicyclic) bond motifs is 1. The molecule has 1 fully saturated rings. The summed E-state index contributed by atoms with van der Waals surface area (Å²) in [7, 11) is 1.27. The molecule has 0 saturated carbocycles. The molecule has 2 amide bonds. The number of hydrogen-bond donors (Lipinski definition) is 3. The van der Waals surface area contributed by atoms with Gasteiger partial charge in [-0.1, -0.05) is 5.16 Å². The van der Waals surface area contributed by atoms with Gasteiger partial charge in [0.25, 0.3) is 11.8 Å². The Balaban J connectivity index is 1.33. The lowest BCUT2D eigenvalue weighted by Gasteiger charge is -2.50. The molecule has 3 aromatic heterocycles. The van der Waals surface area contributed by atoms with Crippen molar-refractivity contribution < 1.29 is 34.0 Å². The zero-order valence-electron chi connectivity index (χ0n) is 21.0. The number of aliphatic hydroxyl groups is 1. The number of nitrogens with zero attached hydrogens (tertiary/aromatic N) is 7. The van der Waals surface area contributed by atoms with E-state index in [9.17, 15) is 19.5 Å². The number of carboxylic acid groups (broad SMARTS) is 1. The Bertz CT molecular complexity index is 1530. The number of thioether (sulfide) groups is 1. The van der Waals surface area contributed by atoms with Crippen LogP contribution in [-0.2, 0) is 32.3 Å². The van der Waals surface area contributed by atoms with Gasteiger partial charge in [-0.25, -0.2) is 14.5 Å². The number of aromatic nitrogens is 5. The minimum Gasteiger partial charge on any atom is -0.543 e. The molecule has 40 heavy (non-hydrogen) atoms. The van der Waals surface area contributed by atoms with Gasteiger partial charge in [-0.15, -0.1) is 23.1 Å². The number of carbonyl (C=O) groups excluding carboxylic acids is 3. The van der Waals surface area contributed by atoms with E-state index in [4.69, 9.17) is 15.7 Å². The van der Waals surface area contributed by atoms with Crippen molar-refractivity contribution in [2.75, 3.05) is 25.2 Å². The van der Waals surface area contributed by atoms with Gasteiger partial charge in [0.2, 0.25) is 0 Å². The zero-order valence-corrected chi connectivity index (χ0v) is 22.6. The molecule has 208 valence electrons. The van der Waals surface area contributed by atoms with Crippen molar-refractivity contribution in [1.82, 2.24) is 30.0 Å². The molecular formula is C23H23N9O6S2. The monoisotopic (exact) mass is 585 g/mol. The number of aliphatic hydroxyl groups excluding tert-OH is 1. The molecule has 15 nitrogen and oxygen atoms in total. The van der Waals surface area contributed by atoms with E-state index in [2.05, 4.69) is 25.5 Å². The number of carboxylic acids is 1. The van der Waals surface area contributed by atoms with Crippen LogP contribution in [0.5, 0.6) is 0 Å². The van der Waals surface area contributed by atoms with Crippen LogP contribution in [0.4, 0.5) is 5.13 Å². The van der Waals surface area contributed by atoms with Gasteiger partial charge in [-0.05, 0) is 6.07 Å². The van der Waals surface area contributed by atoms with Gasteiger partial charge in [0, 0.05) is 22.8 Å². The number of rotatable bonds is 10. The summed E-state index contributed by atoms with van der Waals surface area (Å²) in [5, 5.41) is 33.0. The third kappa shape index (κ3) is 5.25. The molecule has 17 heteroatoms. The quantitative estimate of drug-likeness (QED) is 0.1000. The van der Waals surface area contributed by atoms with Gasteiger partial charge in [0.05, 0.1) is 30.4 Å². The summed E-state index contributed by atoms with van der Waals surface area (Å²) in [6.07, 6.45) is 5.03. The summed E-state index contributed by atoms with van der Waals surface area (Å²) in [5.41, 5.74) is 6.62. The number of thiazole rings is 1. The fourth-order valence-electron chi connectivity index (χ4n) is 4.31. The number of amides is 2. The molecule has 0 unspecified atom stereocenters. The zero-order chi connectivity index (χ0) is 28.4. The lowest BCUT2D eigenvalue weighted by atomic mass is 10.0. The Kier molecular flexibility index (Phi) is 7.76. The smallest absolute Gasteiger partial charge is 0.276 e. The second kappa shape index (κ2) is 11.4. The highest BCUT2D eigenvalue weighted by atomic mass is 32.2. The van der Waals surface area contributed by atoms with Crippen LogP contribution in [0, 0.1) is 0 Å². The molecule has 5 rings (SSSR count). The van der Waals surface area contributed by atoms with Crippen molar-refractivity contribution in [2.24, 2.45) is 5.16 Å². The van der Waals surface area contributed by atoms with Gasteiger partial charge in [0.1, 0.15) is 30.5 Å². The summed E-state index contributed by atoms with van der Waals surface area (Å²) < 4.78 is 3.28. The molecule has 4 N–H and O–H groups in total. The maximum Gasteiger partial charge on any atom is 0.276 e. The van der Waals surface area contributed by atoms with Crippen LogP contribution in [-0.4, -0.2) is 84.1 Å². The molecule has 0 spiro atoms. The predicted octanol–water partition coefficient (Wildman–Crippen LogP) is -2.28. The summed E-state index contributed by atoms with van der Waals surface area (Å²) in [5.74, 6) is -2.05. The number of aliphatic carboxylic acids is 1. The van der Waals surface area contributed by atoms with E-state index in [-0.39, 0.29) is 41.1 Å².